The Labute approximate surface area is 106 Å². The molecule has 2 heterocycles. The normalized spacial score (nSPS) is 11.2. The van der Waals surface area contributed by atoms with Gasteiger partial charge < -0.3 is 9.55 Å². The predicted molar refractivity (Wildman–Crippen MR) is 72.7 cm³/mol. The van der Waals surface area contributed by atoms with E-state index < -0.39 is 0 Å². The molecule has 0 amide bonds. The first-order valence-electron chi connectivity index (χ1n) is 5.94. The summed E-state index contributed by atoms with van der Waals surface area (Å²) in [6, 6.07) is 0. The molecule has 0 aliphatic heterocycles. The number of hydrogen-bond acceptors (Lipinski definition) is 2. The molecule has 0 fully saturated rings. The smallest absolute Gasteiger partial charge is 0.179 e. The minimum atomic E-state index is 0.771. The Balaban J connectivity index is 2.56. The van der Waals surface area contributed by atoms with Gasteiger partial charge in [0.25, 0.3) is 0 Å². The molecule has 0 atom stereocenters. The van der Waals surface area contributed by atoms with Gasteiger partial charge in [0.15, 0.2) is 10.4 Å². The van der Waals surface area contributed by atoms with Crippen molar-refractivity contribution in [1.82, 2.24) is 19.3 Å². The number of allylic oxidation sites excluding steroid dienone is 1. The third kappa shape index (κ3) is 2.07. The first-order chi connectivity index (χ1) is 8.19. The number of aryl methyl sites for hydroxylation is 3. The zero-order valence-electron chi connectivity index (χ0n) is 10.4. The molecule has 0 radical (unpaired) electrons. The Morgan fingerprint density at radius 3 is 2.94 bits per heavy atom. The Morgan fingerprint density at radius 1 is 1.53 bits per heavy atom. The molecule has 0 bridgehead atoms. The lowest BCUT2D eigenvalue weighted by molar-refractivity contribution is 0.668. The minimum absolute atomic E-state index is 0.771. The summed E-state index contributed by atoms with van der Waals surface area (Å²) in [6.07, 6.45) is 4.89. The Bertz CT molecular complexity index is 587. The van der Waals surface area contributed by atoms with E-state index in [9.17, 15) is 0 Å². The largest absolute Gasteiger partial charge is 0.328 e. The lowest BCUT2D eigenvalue weighted by Crippen LogP contribution is -2.02. The second kappa shape index (κ2) is 4.87. The van der Waals surface area contributed by atoms with Crippen LogP contribution < -0.4 is 0 Å². The van der Waals surface area contributed by atoms with Crippen LogP contribution in [0.15, 0.2) is 12.7 Å². The number of fused-ring (bicyclic) bond motifs is 1. The lowest BCUT2D eigenvalue weighted by atomic mass is 10.2. The van der Waals surface area contributed by atoms with E-state index in [1.165, 1.54) is 0 Å². The van der Waals surface area contributed by atoms with Gasteiger partial charge in [-0.1, -0.05) is 19.4 Å². The number of aromatic amines is 1. The fourth-order valence-corrected chi connectivity index (χ4v) is 2.40. The molecule has 1 N–H and O–H groups in total. The summed E-state index contributed by atoms with van der Waals surface area (Å²) in [5, 5.41) is 4.54. The summed E-state index contributed by atoms with van der Waals surface area (Å²) in [5.74, 6) is 0. The number of H-pyrrole nitrogens is 1. The van der Waals surface area contributed by atoms with Gasteiger partial charge in [-0.25, -0.2) is 0 Å². The summed E-state index contributed by atoms with van der Waals surface area (Å²) in [6.45, 7) is 6.76. The molecule has 92 valence electrons. The number of aromatic nitrogens is 4. The molecule has 0 aromatic carbocycles. The number of imidazole rings is 1. The maximum absolute atomic E-state index is 5.36. The average Bonchev–Trinajstić information content (AvgIpc) is 2.76. The van der Waals surface area contributed by atoms with E-state index >= 15 is 0 Å². The molecule has 0 unspecified atom stereocenters. The minimum Gasteiger partial charge on any atom is -0.328 e. The summed E-state index contributed by atoms with van der Waals surface area (Å²) in [4.78, 5) is 3.27. The van der Waals surface area contributed by atoms with E-state index in [2.05, 4.69) is 28.2 Å². The molecule has 2 aromatic rings. The van der Waals surface area contributed by atoms with Crippen LogP contribution in [-0.2, 0) is 20.0 Å². The molecule has 2 rings (SSSR count). The second-order valence-electron chi connectivity index (χ2n) is 4.18. The van der Waals surface area contributed by atoms with Crippen LogP contribution in [-0.4, -0.2) is 19.3 Å². The van der Waals surface area contributed by atoms with Crippen LogP contribution >= 0.6 is 12.2 Å². The fourth-order valence-electron chi connectivity index (χ4n) is 2.12. The van der Waals surface area contributed by atoms with E-state index in [0.29, 0.717) is 0 Å². The number of nitrogens with zero attached hydrogens (tertiary/aromatic N) is 3. The second-order valence-corrected chi connectivity index (χ2v) is 4.56. The highest BCUT2D eigenvalue weighted by Gasteiger charge is 2.13. The summed E-state index contributed by atoms with van der Waals surface area (Å²) >= 11 is 5.36. The Kier molecular flexibility index (Phi) is 3.47. The van der Waals surface area contributed by atoms with E-state index in [1.807, 2.05) is 17.8 Å². The molecule has 17 heavy (non-hydrogen) atoms. The zero-order chi connectivity index (χ0) is 12.4. The van der Waals surface area contributed by atoms with Crippen LogP contribution in [0.1, 0.15) is 25.5 Å². The quantitative estimate of drug-likeness (QED) is 0.654. The van der Waals surface area contributed by atoms with Crippen molar-refractivity contribution in [2.45, 2.75) is 32.7 Å². The summed E-state index contributed by atoms with van der Waals surface area (Å²) in [5.41, 5.74) is 3.28. The molecule has 0 saturated carbocycles. The van der Waals surface area contributed by atoms with Crippen LogP contribution in [0, 0.1) is 4.77 Å². The van der Waals surface area contributed by atoms with Crippen molar-refractivity contribution in [3.8, 4) is 0 Å². The summed E-state index contributed by atoms with van der Waals surface area (Å²) in [7, 11) is 1.97. The molecule has 0 spiro atoms. The Morgan fingerprint density at radius 2 is 2.29 bits per heavy atom. The molecule has 0 aliphatic rings. The van der Waals surface area contributed by atoms with Crippen molar-refractivity contribution in [3.05, 3.63) is 23.1 Å². The highest BCUT2D eigenvalue weighted by atomic mass is 32.1. The topological polar surface area (TPSA) is 38.5 Å². The zero-order valence-corrected chi connectivity index (χ0v) is 11.2. The highest BCUT2D eigenvalue weighted by Crippen LogP contribution is 2.19. The number of hydrogen-bond donors (Lipinski definition) is 1. The van der Waals surface area contributed by atoms with Crippen molar-refractivity contribution in [2.24, 2.45) is 7.05 Å². The molecule has 0 saturated heterocycles. The van der Waals surface area contributed by atoms with Crippen molar-refractivity contribution in [3.63, 3.8) is 0 Å². The SMILES string of the molecule is C=CCCn1c(=S)[nH]c2c(CCC)nn(C)c21. The van der Waals surface area contributed by atoms with Gasteiger partial charge in [-0.15, -0.1) is 6.58 Å². The van der Waals surface area contributed by atoms with Crippen molar-refractivity contribution in [1.29, 1.82) is 0 Å². The van der Waals surface area contributed by atoms with Crippen LogP contribution in [0.5, 0.6) is 0 Å². The molecular weight excluding hydrogens is 232 g/mol. The third-order valence-electron chi connectivity index (χ3n) is 2.87. The maximum atomic E-state index is 5.36. The average molecular weight is 250 g/mol. The van der Waals surface area contributed by atoms with Gasteiger partial charge in [0.2, 0.25) is 0 Å². The molecule has 4 nitrogen and oxygen atoms in total. The van der Waals surface area contributed by atoms with Gasteiger partial charge >= 0.3 is 0 Å². The monoisotopic (exact) mass is 250 g/mol. The van der Waals surface area contributed by atoms with Crippen LogP contribution in [0.25, 0.3) is 11.2 Å². The van der Waals surface area contributed by atoms with Gasteiger partial charge in [0.1, 0.15) is 5.52 Å². The van der Waals surface area contributed by atoms with Gasteiger partial charge in [-0.05, 0) is 25.1 Å². The standard InChI is InChI=1S/C12H18N4S/c1-4-6-8-16-11-10(13-12(16)17)9(7-5-2)14-15(11)3/h4H,1,5-8H2,2-3H3,(H,13,17). The molecule has 5 heteroatoms. The summed E-state index contributed by atoms with van der Waals surface area (Å²) < 4.78 is 4.78. The van der Waals surface area contributed by atoms with Crippen molar-refractivity contribution < 1.29 is 0 Å². The third-order valence-corrected chi connectivity index (χ3v) is 3.19. The number of rotatable bonds is 5. The van der Waals surface area contributed by atoms with Gasteiger partial charge in [0.05, 0.1) is 5.69 Å². The predicted octanol–water partition coefficient (Wildman–Crippen LogP) is 2.96. The van der Waals surface area contributed by atoms with E-state index in [4.69, 9.17) is 12.2 Å². The van der Waals surface area contributed by atoms with Crippen LogP contribution in [0.4, 0.5) is 0 Å². The molecule has 0 aliphatic carbocycles. The van der Waals surface area contributed by atoms with Crippen LogP contribution in [0.2, 0.25) is 0 Å². The van der Waals surface area contributed by atoms with E-state index in [1.54, 1.807) is 0 Å². The first-order valence-corrected chi connectivity index (χ1v) is 6.35. The lowest BCUT2D eigenvalue weighted by Gasteiger charge is -2.01. The fraction of sp³-hybridized carbons (Fsp3) is 0.500. The number of nitrogens with one attached hydrogen (secondary N) is 1. The van der Waals surface area contributed by atoms with E-state index in [0.717, 1.165) is 47.4 Å². The van der Waals surface area contributed by atoms with Gasteiger partial charge in [0, 0.05) is 13.6 Å². The molecular formula is C12H18N4S. The van der Waals surface area contributed by atoms with E-state index in [-0.39, 0.29) is 0 Å². The first kappa shape index (κ1) is 12.1. The van der Waals surface area contributed by atoms with Gasteiger partial charge in [-0.3, -0.25) is 4.68 Å². The van der Waals surface area contributed by atoms with Crippen LogP contribution in [0.3, 0.4) is 0 Å². The van der Waals surface area contributed by atoms with Crippen molar-refractivity contribution >= 4 is 23.4 Å². The van der Waals surface area contributed by atoms with Gasteiger partial charge in [-0.2, -0.15) is 5.10 Å². The Hall–Kier alpha value is -1.36. The molecule has 2 aromatic heterocycles. The van der Waals surface area contributed by atoms with Crippen molar-refractivity contribution in [2.75, 3.05) is 0 Å². The maximum Gasteiger partial charge on any atom is 0.179 e. The highest BCUT2D eigenvalue weighted by molar-refractivity contribution is 7.71.